The summed E-state index contributed by atoms with van der Waals surface area (Å²) in [5, 5.41) is 2.07. The van der Waals surface area contributed by atoms with Gasteiger partial charge in [-0.05, 0) is 112 Å². The lowest BCUT2D eigenvalue weighted by Gasteiger charge is -2.63. The van der Waals surface area contributed by atoms with Crippen LogP contribution in [0, 0.1) is 17.3 Å². The molecular weight excluding hydrogens is 324 g/mol. The fourth-order valence-corrected chi connectivity index (χ4v) is 12.5. The van der Waals surface area contributed by atoms with Crippen LogP contribution in [0.1, 0.15) is 79.1 Å². The summed E-state index contributed by atoms with van der Waals surface area (Å²) in [5.41, 5.74) is 2.35. The molecule has 2 aliphatic carbocycles. The van der Waals surface area contributed by atoms with E-state index in [9.17, 15) is 0 Å². The molecule has 0 N–H and O–H groups in total. The van der Waals surface area contributed by atoms with Gasteiger partial charge in [-0.2, -0.15) is 0 Å². The van der Waals surface area contributed by atoms with Crippen LogP contribution in [-0.4, -0.2) is 34.7 Å². The molecule has 2 saturated carbocycles. The monoisotopic (exact) mass is 364 g/mol. The Bertz CT molecular complexity index is 540. The van der Waals surface area contributed by atoms with E-state index in [1.54, 1.807) is 5.57 Å². The van der Waals surface area contributed by atoms with E-state index in [-0.39, 0.29) is 0 Å². The third kappa shape index (κ3) is 2.85. The summed E-state index contributed by atoms with van der Waals surface area (Å²) in [5.74, 6) is 3.53. The molecule has 144 valence electrons. The highest BCUT2D eigenvalue weighted by molar-refractivity contribution is 8.34. The van der Waals surface area contributed by atoms with Gasteiger partial charge in [-0.3, -0.25) is 0 Å². The van der Waals surface area contributed by atoms with E-state index < -0.39 is 10.0 Å². The molecule has 7 atom stereocenters. The van der Waals surface area contributed by atoms with Crippen molar-refractivity contribution in [2.45, 2.75) is 102 Å². The fraction of sp³-hybridized carbons (Fsp3) is 0.913. The van der Waals surface area contributed by atoms with Crippen molar-refractivity contribution >= 4 is 10.0 Å². The molecule has 0 spiro atoms. The first kappa shape index (κ1) is 18.4. The molecule has 4 rings (SSSR count). The lowest BCUT2D eigenvalue weighted by atomic mass is 9.61. The van der Waals surface area contributed by atoms with Gasteiger partial charge < -0.3 is 4.74 Å². The molecule has 4 fully saturated rings. The average molecular weight is 365 g/mol. The quantitative estimate of drug-likeness (QED) is 0.522. The second-order valence-corrected chi connectivity index (χ2v) is 14.2. The Morgan fingerprint density at radius 3 is 2.68 bits per heavy atom. The molecule has 1 nitrogen and oxygen atoms in total. The standard InChI is InChI=1S/C23H40OS/c1-6-17-7-10-21-20-9-8-19-15-18(24-16(2)3)12-14-25(19,5)22(20)11-13-23(17,21)4/h6,16,18-22H,7-15H2,1-5H3/b17-6-/t18-,19?,20?,21?,22?,23+/m0/s1. The van der Waals surface area contributed by atoms with Crippen LogP contribution >= 0.6 is 10.0 Å². The topological polar surface area (TPSA) is 9.23 Å². The van der Waals surface area contributed by atoms with Gasteiger partial charge in [-0.15, -0.1) is 0 Å². The predicted molar refractivity (Wildman–Crippen MR) is 112 cm³/mol. The molecule has 0 aromatic heterocycles. The van der Waals surface area contributed by atoms with Crippen LogP contribution < -0.4 is 0 Å². The van der Waals surface area contributed by atoms with Crippen molar-refractivity contribution in [3.05, 3.63) is 11.6 Å². The maximum atomic E-state index is 6.24. The van der Waals surface area contributed by atoms with Crippen LogP contribution in [-0.2, 0) is 4.74 Å². The Morgan fingerprint density at radius 2 is 1.96 bits per heavy atom. The Kier molecular flexibility index (Phi) is 4.85. The van der Waals surface area contributed by atoms with E-state index in [0.29, 0.717) is 17.6 Å². The molecular formula is C23H40OS. The van der Waals surface area contributed by atoms with Gasteiger partial charge >= 0.3 is 0 Å². The molecule has 2 aliphatic heterocycles. The Labute approximate surface area is 157 Å². The van der Waals surface area contributed by atoms with Crippen molar-refractivity contribution in [1.82, 2.24) is 0 Å². The average Bonchev–Trinajstić information content (AvgIpc) is 2.91. The molecule has 0 amide bonds. The molecule has 0 bridgehead atoms. The number of hydrogen-bond acceptors (Lipinski definition) is 1. The van der Waals surface area contributed by atoms with Crippen molar-refractivity contribution in [2.24, 2.45) is 17.3 Å². The molecule has 4 aliphatic rings. The summed E-state index contributed by atoms with van der Waals surface area (Å²) < 4.78 is 6.24. The van der Waals surface area contributed by atoms with Crippen LogP contribution in [0.4, 0.5) is 0 Å². The van der Waals surface area contributed by atoms with Gasteiger partial charge in [0, 0.05) is 0 Å². The highest BCUT2D eigenvalue weighted by atomic mass is 32.3. The molecule has 5 unspecified atom stereocenters. The highest BCUT2D eigenvalue weighted by Gasteiger charge is 2.57. The van der Waals surface area contributed by atoms with Gasteiger partial charge in [0.25, 0.3) is 0 Å². The van der Waals surface area contributed by atoms with Crippen molar-refractivity contribution < 1.29 is 4.74 Å². The molecule has 2 heteroatoms. The molecule has 0 aromatic rings. The Morgan fingerprint density at radius 1 is 1.16 bits per heavy atom. The summed E-state index contributed by atoms with van der Waals surface area (Å²) in [7, 11) is -0.441. The van der Waals surface area contributed by atoms with Crippen LogP contribution in [0.2, 0.25) is 0 Å². The lowest BCUT2D eigenvalue weighted by molar-refractivity contribution is -0.00286. The predicted octanol–water partition coefficient (Wildman–Crippen LogP) is 6.31. The molecule has 2 saturated heterocycles. The van der Waals surface area contributed by atoms with Gasteiger partial charge in [-0.1, -0.05) is 18.6 Å². The summed E-state index contributed by atoms with van der Waals surface area (Å²) in [6.07, 6.45) is 17.8. The molecule has 25 heavy (non-hydrogen) atoms. The van der Waals surface area contributed by atoms with E-state index in [1.807, 2.05) is 0 Å². The minimum Gasteiger partial charge on any atom is -0.375 e. The number of fused-ring (bicyclic) bond motifs is 5. The van der Waals surface area contributed by atoms with E-state index >= 15 is 0 Å². The summed E-state index contributed by atoms with van der Waals surface area (Å²) in [6.45, 7) is 9.32. The smallest absolute Gasteiger partial charge is 0.0595 e. The number of hydrogen-bond donors (Lipinski definition) is 0. The maximum absolute atomic E-state index is 6.24. The first-order valence-corrected chi connectivity index (χ1v) is 13.3. The van der Waals surface area contributed by atoms with Crippen molar-refractivity contribution in [1.29, 1.82) is 0 Å². The second kappa shape index (κ2) is 6.59. The van der Waals surface area contributed by atoms with E-state index in [2.05, 4.69) is 40.0 Å². The largest absolute Gasteiger partial charge is 0.375 e. The maximum Gasteiger partial charge on any atom is 0.0595 e. The zero-order valence-electron chi connectivity index (χ0n) is 17.2. The SMILES string of the molecule is C/C=C1/CCC2C3CCC4C[C@@H](OC(C)C)CCS4(C)C3CC[C@]12C. The first-order chi connectivity index (χ1) is 11.9. The molecule has 2 heterocycles. The number of allylic oxidation sites excluding steroid dienone is 2. The lowest BCUT2D eigenvalue weighted by Crippen LogP contribution is -2.52. The third-order valence-electron chi connectivity index (χ3n) is 8.71. The fourth-order valence-electron chi connectivity index (χ4n) is 7.49. The van der Waals surface area contributed by atoms with Crippen molar-refractivity contribution in [3.63, 3.8) is 0 Å². The van der Waals surface area contributed by atoms with E-state index in [0.717, 1.165) is 22.3 Å². The van der Waals surface area contributed by atoms with Gasteiger partial charge in [0.1, 0.15) is 0 Å². The van der Waals surface area contributed by atoms with Crippen LogP contribution in [0.15, 0.2) is 11.6 Å². The zero-order valence-corrected chi connectivity index (χ0v) is 18.0. The summed E-state index contributed by atoms with van der Waals surface area (Å²) in [6, 6.07) is 0. The Hall–Kier alpha value is 0.0500. The zero-order chi connectivity index (χ0) is 17.8. The Balaban J connectivity index is 1.54. The number of rotatable bonds is 2. The van der Waals surface area contributed by atoms with Crippen LogP contribution in [0.3, 0.4) is 0 Å². The van der Waals surface area contributed by atoms with Gasteiger partial charge in [0.05, 0.1) is 12.2 Å². The number of ether oxygens (including phenoxy) is 1. The second-order valence-electron chi connectivity index (χ2n) is 10.1. The summed E-state index contributed by atoms with van der Waals surface area (Å²) in [4.78, 5) is 0. The normalized spacial score (nSPS) is 53.8. The van der Waals surface area contributed by atoms with Crippen LogP contribution in [0.5, 0.6) is 0 Å². The van der Waals surface area contributed by atoms with E-state index in [4.69, 9.17) is 4.74 Å². The van der Waals surface area contributed by atoms with Crippen molar-refractivity contribution in [2.75, 3.05) is 12.0 Å². The third-order valence-corrected chi connectivity index (χ3v) is 13.7. The van der Waals surface area contributed by atoms with Crippen LogP contribution in [0.25, 0.3) is 0 Å². The van der Waals surface area contributed by atoms with Crippen molar-refractivity contribution in [3.8, 4) is 0 Å². The van der Waals surface area contributed by atoms with Gasteiger partial charge in [0.2, 0.25) is 0 Å². The molecule has 0 radical (unpaired) electrons. The minimum atomic E-state index is -0.441. The van der Waals surface area contributed by atoms with Gasteiger partial charge in [0.15, 0.2) is 0 Å². The van der Waals surface area contributed by atoms with E-state index in [1.165, 1.54) is 57.1 Å². The minimum absolute atomic E-state index is 0.397. The highest BCUT2D eigenvalue weighted by Crippen LogP contribution is 2.72. The molecule has 0 aromatic carbocycles. The first-order valence-electron chi connectivity index (χ1n) is 10.9. The van der Waals surface area contributed by atoms with Gasteiger partial charge in [-0.25, -0.2) is 10.0 Å². The summed E-state index contributed by atoms with van der Waals surface area (Å²) >= 11 is 0.